The van der Waals surface area contributed by atoms with Gasteiger partial charge in [0, 0.05) is 39.4 Å². The summed E-state index contributed by atoms with van der Waals surface area (Å²) in [4.78, 5) is 25.5. The van der Waals surface area contributed by atoms with Gasteiger partial charge in [0.1, 0.15) is 12.1 Å². The van der Waals surface area contributed by atoms with Gasteiger partial charge in [-0.3, -0.25) is 9.48 Å². The molecule has 4 rings (SSSR count). The highest BCUT2D eigenvalue weighted by molar-refractivity contribution is 7.18. The average molecular weight is 342 g/mol. The third-order valence-electron chi connectivity index (χ3n) is 4.33. The smallest absolute Gasteiger partial charge is 0.257 e. The van der Waals surface area contributed by atoms with E-state index in [2.05, 4.69) is 32.3 Å². The van der Waals surface area contributed by atoms with Crippen molar-refractivity contribution in [2.75, 3.05) is 31.1 Å². The van der Waals surface area contributed by atoms with Crippen molar-refractivity contribution in [3.05, 3.63) is 35.2 Å². The van der Waals surface area contributed by atoms with Gasteiger partial charge in [-0.1, -0.05) is 0 Å². The first-order valence-electron chi connectivity index (χ1n) is 7.85. The van der Waals surface area contributed by atoms with Crippen LogP contribution in [0.1, 0.15) is 15.9 Å². The number of rotatable bonds is 2. The number of carbonyl (C=O) groups excluding carboxylic acids is 1. The molecule has 3 aromatic heterocycles. The number of anilines is 1. The highest BCUT2D eigenvalue weighted by atomic mass is 32.1. The van der Waals surface area contributed by atoms with Gasteiger partial charge < -0.3 is 9.80 Å². The molecule has 0 spiro atoms. The number of piperazine rings is 1. The summed E-state index contributed by atoms with van der Waals surface area (Å²) in [7, 11) is 1.82. The van der Waals surface area contributed by atoms with Crippen molar-refractivity contribution in [2.45, 2.75) is 6.92 Å². The molecule has 24 heavy (non-hydrogen) atoms. The van der Waals surface area contributed by atoms with Gasteiger partial charge in [0.2, 0.25) is 0 Å². The topological polar surface area (TPSA) is 67.2 Å². The monoisotopic (exact) mass is 342 g/mol. The molecule has 0 aromatic carbocycles. The van der Waals surface area contributed by atoms with E-state index < -0.39 is 0 Å². The number of aromatic nitrogens is 4. The Kier molecular flexibility index (Phi) is 3.68. The lowest BCUT2D eigenvalue weighted by atomic mass is 10.2. The Morgan fingerprint density at radius 1 is 1.21 bits per heavy atom. The van der Waals surface area contributed by atoms with Gasteiger partial charge >= 0.3 is 0 Å². The second-order valence-electron chi connectivity index (χ2n) is 5.98. The minimum Gasteiger partial charge on any atom is -0.352 e. The number of thiophene rings is 1. The van der Waals surface area contributed by atoms with Crippen LogP contribution in [0, 0.1) is 6.92 Å². The van der Waals surface area contributed by atoms with E-state index >= 15 is 0 Å². The van der Waals surface area contributed by atoms with Crippen molar-refractivity contribution >= 4 is 33.3 Å². The van der Waals surface area contributed by atoms with Crippen LogP contribution in [-0.4, -0.2) is 56.7 Å². The van der Waals surface area contributed by atoms with E-state index in [1.54, 1.807) is 34.7 Å². The minimum absolute atomic E-state index is 0.0440. The highest BCUT2D eigenvalue weighted by Gasteiger charge is 2.25. The molecular weight excluding hydrogens is 324 g/mol. The molecule has 124 valence electrons. The molecule has 0 aliphatic carbocycles. The molecule has 0 N–H and O–H groups in total. The Hall–Kier alpha value is -2.48. The zero-order valence-corrected chi connectivity index (χ0v) is 14.5. The lowest BCUT2D eigenvalue weighted by Gasteiger charge is -2.35. The Labute approximate surface area is 143 Å². The number of carbonyl (C=O) groups is 1. The van der Waals surface area contributed by atoms with E-state index in [9.17, 15) is 4.79 Å². The molecule has 8 heteroatoms. The number of hydrogen-bond acceptors (Lipinski definition) is 6. The Balaban J connectivity index is 1.50. The maximum Gasteiger partial charge on any atom is 0.257 e. The predicted octanol–water partition coefficient (Wildman–Crippen LogP) is 1.70. The van der Waals surface area contributed by atoms with E-state index in [1.165, 1.54) is 5.56 Å². The number of aryl methyl sites for hydroxylation is 2. The Morgan fingerprint density at radius 2 is 2.00 bits per heavy atom. The lowest BCUT2D eigenvalue weighted by molar-refractivity contribution is 0.0746. The molecule has 0 saturated carbocycles. The molecule has 0 bridgehead atoms. The van der Waals surface area contributed by atoms with Gasteiger partial charge in [-0.15, -0.1) is 11.3 Å². The molecule has 1 saturated heterocycles. The van der Waals surface area contributed by atoms with Crippen LogP contribution in [0.25, 0.3) is 10.2 Å². The lowest BCUT2D eigenvalue weighted by Crippen LogP contribution is -2.49. The van der Waals surface area contributed by atoms with Crippen molar-refractivity contribution < 1.29 is 4.79 Å². The SMILES string of the molecule is Cc1csc2c(N3CCN(C(=O)c4cnn(C)c4)CC3)ncnc12. The van der Waals surface area contributed by atoms with Gasteiger partial charge in [-0.25, -0.2) is 9.97 Å². The highest BCUT2D eigenvalue weighted by Crippen LogP contribution is 2.31. The van der Waals surface area contributed by atoms with E-state index in [0.29, 0.717) is 18.7 Å². The summed E-state index contributed by atoms with van der Waals surface area (Å²) < 4.78 is 2.78. The molecule has 7 nitrogen and oxygen atoms in total. The van der Waals surface area contributed by atoms with E-state index in [0.717, 1.165) is 29.1 Å². The number of nitrogens with zero attached hydrogens (tertiary/aromatic N) is 6. The van der Waals surface area contributed by atoms with E-state index in [4.69, 9.17) is 0 Å². The molecule has 1 aliphatic heterocycles. The second kappa shape index (κ2) is 5.86. The third-order valence-corrected chi connectivity index (χ3v) is 5.41. The van der Waals surface area contributed by atoms with Gasteiger partial charge in [-0.2, -0.15) is 5.10 Å². The van der Waals surface area contributed by atoms with Crippen LogP contribution >= 0.6 is 11.3 Å². The molecule has 3 aromatic rings. The van der Waals surface area contributed by atoms with Gasteiger partial charge in [-0.05, 0) is 17.9 Å². The maximum absolute atomic E-state index is 12.5. The van der Waals surface area contributed by atoms with E-state index in [1.807, 2.05) is 11.9 Å². The zero-order valence-electron chi connectivity index (χ0n) is 13.6. The Morgan fingerprint density at radius 3 is 2.71 bits per heavy atom. The summed E-state index contributed by atoms with van der Waals surface area (Å²) in [6, 6.07) is 0. The fraction of sp³-hybridized carbons (Fsp3) is 0.375. The normalized spacial score (nSPS) is 15.2. The second-order valence-corrected chi connectivity index (χ2v) is 6.86. The van der Waals surface area contributed by atoms with Crippen molar-refractivity contribution in [1.29, 1.82) is 0 Å². The standard InChI is InChI=1S/C16H18N6OS/c1-11-9-24-14-13(11)17-10-18-15(14)21-3-5-22(6-4-21)16(23)12-7-19-20(2)8-12/h7-10H,3-6H2,1-2H3. The van der Waals surface area contributed by atoms with Crippen molar-refractivity contribution in [2.24, 2.45) is 7.05 Å². The molecular formula is C16H18N6OS. The summed E-state index contributed by atoms with van der Waals surface area (Å²) in [5.41, 5.74) is 2.85. The zero-order chi connectivity index (χ0) is 16.7. The number of amides is 1. The quantitative estimate of drug-likeness (QED) is 0.709. The molecule has 1 amide bonds. The number of fused-ring (bicyclic) bond motifs is 1. The van der Waals surface area contributed by atoms with Crippen LogP contribution in [0.2, 0.25) is 0 Å². The first kappa shape index (κ1) is 15.1. The van der Waals surface area contributed by atoms with Crippen molar-refractivity contribution in [1.82, 2.24) is 24.6 Å². The summed E-state index contributed by atoms with van der Waals surface area (Å²) in [6.07, 6.45) is 5.01. The van der Waals surface area contributed by atoms with Crippen LogP contribution in [0.4, 0.5) is 5.82 Å². The maximum atomic E-state index is 12.5. The van der Waals surface area contributed by atoms with Crippen molar-refractivity contribution in [3.63, 3.8) is 0 Å². The third kappa shape index (κ3) is 2.52. The van der Waals surface area contributed by atoms with Gasteiger partial charge in [0.15, 0.2) is 0 Å². The van der Waals surface area contributed by atoms with Gasteiger partial charge in [0.25, 0.3) is 5.91 Å². The summed E-state index contributed by atoms with van der Waals surface area (Å²) >= 11 is 1.68. The molecule has 1 fully saturated rings. The first-order chi connectivity index (χ1) is 11.6. The molecule has 0 unspecified atom stereocenters. The van der Waals surface area contributed by atoms with Crippen LogP contribution in [0.15, 0.2) is 24.1 Å². The summed E-state index contributed by atoms with van der Waals surface area (Å²) in [5, 5.41) is 6.19. The fourth-order valence-electron chi connectivity index (χ4n) is 3.02. The predicted molar refractivity (Wildman–Crippen MR) is 93.5 cm³/mol. The summed E-state index contributed by atoms with van der Waals surface area (Å²) in [6.45, 7) is 4.98. The van der Waals surface area contributed by atoms with Crippen molar-refractivity contribution in [3.8, 4) is 0 Å². The molecule has 0 radical (unpaired) electrons. The summed E-state index contributed by atoms with van der Waals surface area (Å²) in [5.74, 6) is 1.02. The van der Waals surface area contributed by atoms with E-state index in [-0.39, 0.29) is 5.91 Å². The molecule has 0 atom stereocenters. The van der Waals surface area contributed by atoms with Crippen LogP contribution < -0.4 is 4.90 Å². The molecule has 4 heterocycles. The fourth-order valence-corrected chi connectivity index (χ4v) is 4.04. The van der Waals surface area contributed by atoms with Gasteiger partial charge in [0.05, 0.1) is 22.0 Å². The number of hydrogen-bond donors (Lipinski definition) is 0. The Bertz CT molecular complexity index is 893. The van der Waals surface area contributed by atoms with Crippen LogP contribution in [0.5, 0.6) is 0 Å². The minimum atomic E-state index is 0.0440. The largest absolute Gasteiger partial charge is 0.352 e. The van der Waals surface area contributed by atoms with Crippen LogP contribution in [-0.2, 0) is 7.05 Å². The molecule has 1 aliphatic rings. The average Bonchev–Trinajstić information content (AvgIpc) is 3.21. The van der Waals surface area contributed by atoms with Crippen LogP contribution in [0.3, 0.4) is 0 Å². The first-order valence-corrected chi connectivity index (χ1v) is 8.73.